The third-order valence-electron chi connectivity index (χ3n) is 8.87. The Kier molecular flexibility index (Phi) is 6.11. The van der Waals surface area contributed by atoms with E-state index >= 15 is 4.39 Å². The Balaban J connectivity index is 1.25. The second-order valence-corrected chi connectivity index (χ2v) is 12.0. The van der Waals surface area contributed by atoms with Crippen molar-refractivity contribution in [3.8, 4) is 0 Å². The maximum absolute atomic E-state index is 16.1. The molecule has 38 heavy (non-hydrogen) atoms. The molecule has 0 bridgehead atoms. The fourth-order valence-corrected chi connectivity index (χ4v) is 6.33. The second kappa shape index (κ2) is 9.24. The molecular weight excluding hydrogens is 481 g/mol. The van der Waals surface area contributed by atoms with Crippen molar-refractivity contribution in [2.45, 2.75) is 69.9 Å². The van der Waals surface area contributed by atoms with Crippen LogP contribution in [0.15, 0.2) is 48.7 Å². The van der Waals surface area contributed by atoms with Crippen molar-refractivity contribution >= 4 is 22.7 Å². The number of halogens is 1. The molecule has 198 valence electrons. The molecule has 2 atom stereocenters. The minimum Gasteiger partial charge on any atom is -0.384 e. The quantitative estimate of drug-likeness (QED) is 0.473. The molecule has 0 radical (unpaired) electrons. The maximum atomic E-state index is 16.1. The van der Waals surface area contributed by atoms with E-state index in [1.165, 1.54) is 24.0 Å². The molecule has 2 saturated heterocycles. The van der Waals surface area contributed by atoms with E-state index in [0.717, 1.165) is 12.5 Å². The van der Waals surface area contributed by atoms with Crippen molar-refractivity contribution in [3.05, 3.63) is 76.7 Å². The van der Waals surface area contributed by atoms with Gasteiger partial charge in [0.15, 0.2) is 0 Å². The van der Waals surface area contributed by atoms with E-state index in [0.29, 0.717) is 37.0 Å². The third-order valence-corrected chi connectivity index (χ3v) is 8.87. The highest BCUT2D eigenvalue weighted by Gasteiger charge is 2.50. The normalized spacial score (nSPS) is 25.9. The van der Waals surface area contributed by atoms with E-state index < -0.39 is 22.8 Å². The molecule has 3 aromatic rings. The van der Waals surface area contributed by atoms with Crippen LogP contribution in [0.3, 0.4) is 0 Å². The number of aliphatic hydroxyl groups is 1. The van der Waals surface area contributed by atoms with Gasteiger partial charge >= 0.3 is 0 Å². The van der Waals surface area contributed by atoms with E-state index in [1.54, 1.807) is 24.4 Å². The van der Waals surface area contributed by atoms with Gasteiger partial charge in [-0.2, -0.15) is 0 Å². The zero-order chi connectivity index (χ0) is 26.7. The van der Waals surface area contributed by atoms with Gasteiger partial charge in [-0.1, -0.05) is 44.2 Å². The van der Waals surface area contributed by atoms with Crippen LogP contribution < -0.4 is 5.32 Å². The first-order chi connectivity index (χ1) is 18.1. The predicted molar refractivity (Wildman–Crippen MR) is 143 cm³/mol. The van der Waals surface area contributed by atoms with E-state index in [1.807, 2.05) is 13.8 Å². The van der Waals surface area contributed by atoms with Gasteiger partial charge in [0.1, 0.15) is 5.82 Å². The number of aromatic nitrogens is 1. The molecule has 7 heteroatoms. The summed E-state index contributed by atoms with van der Waals surface area (Å²) in [4.78, 5) is 30.7. The Hall–Kier alpha value is -3.16. The summed E-state index contributed by atoms with van der Waals surface area (Å²) in [5.41, 5.74) is 2.02. The minimum atomic E-state index is -1.36. The van der Waals surface area contributed by atoms with Crippen LogP contribution in [0.5, 0.6) is 0 Å². The minimum absolute atomic E-state index is 0.242. The molecule has 1 aliphatic carbocycles. The van der Waals surface area contributed by atoms with E-state index in [9.17, 15) is 14.7 Å². The van der Waals surface area contributed by atoms with Crippen molar-refractivity contribution in [2.75, 3.05) is 13.1 Å². The highest BCUT2D eigenvalue weighted by Crippen LogP contribution is 2.48. The largest absolute Gasteiger partial charge is 0.384 e. The van der Waals surface area contributed by atoms with E-state index in [2.05, 4.69) is 39.5 Å². The van der Waals surface area contributed by atoms with Gasteiger partial charge in [-0.3, -0.25) is 24.8 Å². The van der Waals surface area contributed by atoms with Crippen molar-refractivity contribution in [2.24, 2.45) is 5.41 Å². The van der Waals surface area contributed by atoms with Crippen LogP contribution in [0.25, 0.3) is 10.9 Å². The summed E-state index contributed by atoms with van der Waals surface area (Å²) in [5, 5.41) is 14.6. The molecular formula is C31H34FN3O3. The number of hydrogen-bond acceptors (Lipinski definition) is 5. The zero-order valence-corrected chi connectivity index (χ0v) is 22.0. The summed E-state index contributed by atoms with van der Waals surface area (Å²) in [5.74, 6) is -0.981. The lowest BCUT2D eigenvalue weighted by atomic mass is 9.66. The Labute approximate surface area is 222 Å². The van der Waals surface area contributed by atoms with Crippen molar-refractivity contribution in [3.63, 3.8) is 0 Å². The van der Waals surface area contributed by atoms with Gasteiger partial charge in [0.25, 0.3) is 0 Å². The molecule has 6 rings (SSSR count). The molecule has 2 aromatic carbocycles. The molecule has 1 saturated carbocycles. The first kappa shape index (κ1) is 25.1. The zero-order valence-electron chi connectivity index (χ0n) is 22.0. The molecule has 3 fully saturated rings. The smallest absolute Gasteiger partial charge is 0.234 e. The molecule has 1 aromatic heterocycles. The number of carbonyl (C=O) groups is 2. The fourth-order valence-electron chi connectivity index (χ4n) is 6.33. The second-order valence-electron chi connectivity index (χ2n) is 12.0. The van der Waals surface area contributed by atoms with Crippen LogP contribution in [0.2, 0.25) is 0 Å². The number of piperidine rings is 2. The van der Waals surface area contributed by atoms with Crippen LogP contribution >= 0.6 is 0 Å². The van der Waals surface area contributed by atoms with Gasteiger partial charge < -0.3 is 5.11 Å². The number of nitrogens with zero attached hydrogens (tertiary/aromatic N) is 2. The summed E-state index contributed by atoms with van der Waals surface area (Å²) in [6.45, 7) is 6.06. The first-order valence-electron chi connectivity index (χ1n) is 13.6. The molecule has 0 spiro atoms. The Morgan fingerprint density at radius 1 is 1.08 bits per heavy atom. The highest BCUT2D eigenvalue weighted by atomic mass is 19.1. The van der Waals surface area contributed by atoms with Gasteiger partial charge in [0.2, 0.25) is 11.8 Å². The van der Waals surface area contributed by atoms with Crippen LogP contribution in [0, 0.1) is 11.2 Å². The van der Waals surface area contributed by atoms with Gasteiger partial charge in [0, 0.05) is 48.6 Å². The summed E-state index contributed by atoms with van der Waals surface area (Å²) in [6.07, 6.45) is 5.18. The van der Waals surface area contributed by atoms with Crippen molar-refractivity contribution in [1.82, 2.24) is 15.2 Å². The molecule has 2 N–H and O–H groups in total. The van der Waals surface area contributed by atoms with Crippen LogP contribution in [-0.2, 0) is 21.7 Å². The van der Waals surface area contributed by atoms with Crippen molar-refractivity contribution in [1.29, 1.82) is 0 Å². The number of pyridine rings is 1. The standard InChI is InChI=1S/C31H34FN3O3/c1-30(2)18-35(17-19-3-5-20(6-4-19)21-7-8-21)14-13-31(30,38)25-10-11-26-24(28(25)32)15-22(16-33-26)23-9-12-27(36)34-29(23)37/h3-6,10-11,15-16,21,23,38H,7-9,12-14,17-18H2,1-2H3,(H,34,36,37)/t23?,31-/m1/s1. The first-order valence-corrected chi connectivity index (χ1v) is 13.6. The Bertz CT molecular complexity index is 1420. The van der Waals surface area contributed by atoms with Gasteiger partial charge in [0.05, 0.1) is 17.0 Å². The number of amides is 2. The third kappa shape index (κ3) is 4.41. The van der Waals surface area contributed by atoms with Gasteiger partial charge in [-0.05, 0) is 60.4 Å². The molecule has 3 aliphatic rings. The molecule has 2 aliphatic heterocycles. The number of rotatable bonds is 5. The number of imide groups is 1. The number of nitrogens with one attached hydrogen (secondary N) is 1. The molecule has 2 amide bonds. The number of carbonyl (C=O) groups excluding carboxylic acids is 2. The number of benzene rings is 2. The van der Waals surface area contributed by atoms with Crippen LogP contribution in [0.1, 0.15) is 80.0 Å². The maximum Gasteiger partial charge on any atom is 0.234 e. The monoisotopic (exact) mass is 515 g/mol. The Morgan fingerprint density at radius 2 is 1.84 bits per heavy atom. The lowest BCUT2D eigenvalue weighted by Gasteiger charge is -2.50. The van der Waals surface area contributed by atoms with Crippen LogP contribution in [-0.4, -0.2) is 39.9 Å². The summed E-state index contributed by atoms with van der Waals surface area (Å²) in [7, 11) is 0. The average molecular weight is 516 g/mol. The number of hydrogen-bond donors (Lipinski definition) is 2. The molecule has 1 unspecified atom stereocenters. The summed E-state index contributed by atoms with van der Waals surface area (Å²) >= 11 is 0. The van der Waals surface area contributed by atoms with Gasteiger partial charge in [-0.15, -0.1) is 0 Å². The Morgan fingerprint density at radius 3 is 2.53 bits per heavy atom. The van der Waals surface area contributed by atoms with Crippen molar-refractivity contribution < 1.29 is 19.1 Å². The van der Waals surface area contributed by atoms with E-state index in [4.69, 9.17) is 0 Å². The number of fused-ring (bicyclic) bond motifs is 1. The SMILES string of the molecule is CC1(C)CN(Cc2ccc(C3CC3)cc2)CC[C@@]1(O)c1ccc2ncc(C3CCC(=O)NC3=O)cc2c1F. The number of likely N-dealkylation sites (tertiary alicyclic amines) is 1. The molecule has 3 heterocycles. The summed E-state index contributed by atoms with van der Waals surface area (Å²) < 4.78 is 16.1. The summed E-state index contributed by atoms with van der Waals surface area (Å²) in [6, 6.07) is 13.9. The predicted octanol–water partition coefficient (Wildman–Crippen LogP) is 4.89. The lowest BCUT2D eigenvalue weighted by molar-refractivity contribution is -0.134. The average Bonchev–Trinajstić information content (AvgIpc) is 3.73. The van der Waals surface area contributed by atoms with Crippen LogP contribution in [0.4, 0.5) is 4.39 Å². The molecule has 6 nitrogen and oxygen atoms in total. The highest BCUT2D eigenvalue weighted by molar-refractivity contribution is 6.01. The topological polar surface area (TPSA) is 82.5 Å². The fraction of sp³-hybridized carbons (Fsp3) is 0.452. The van der Waals surface area contributed by atoms with E-state index in [-0.39, 0.29) is 29.2 Å². The lowest BCUT2D eigenvalue weighted by Crippen LogP contribution is -2.55. The van der Waals surface area contributed by atoms with Gasteiger partial charge in [-0.25, -0.2) is 4.39 Å².